The van der Waals surface area contributed by atoms with Crippen LogP contribution in [0.4, 0.5) is 0 Å². The van der Waals surface area contributed by atoms with Crippen LogP contribution in [0.3, 0.4) is 0 Å². The third-order valence-electron chi connectivity index (χ3n) is 3.49. The van der Waals surface area contributed by atoms with Crippen LogP contribution in [-0.2, 0) is 11.2 Å². The molecule has 98 valence electrons. The number of carbonyl (C=O) groups is 1. The minimum absolute atomic E-state index is 0.104. The smallest absolute Gasteiger partial charge is 0.233 e. The van der Waals surface area contributed by atoms with Crippen LogP contribution in [0.5, 0.6) is 0 Å². The van der Waals surface area contributed by atoms with Crippen LogP contribution < -0.4 is 10.6 Å². The molecular weight excluding hydrogens is 224 g/mol. The predicted octanol–water partition coefficient (Wildman–Crippen LogP) is 2.18. The third-order valence-corrected chi connectivity index (χ3v) is 3.49. The minimum Gasteiger partial charge on any atom is -0.355 e. The van der Waals surface area contributed by atoms with Crippen molar-refractivity contribution in [1.82, 2.24) is 10.6 Å². The van der Waals surface area contributed by atoms with Gasteiger partial charge in [0.1, 0.15) is 0 Å². The van der Waals surface area contributed by atoms with E-state index in [1.54, 1.807) is 0 Å². The Morgan fingerprint density at radius 1 is 1.39 bits per heavy atom. The molecule has 0 bridgehead atoms. The van der Waals surface area contributed by atoms with Crippen molar-refractivity contribution in [3.63, 3.8) is 0 Å². The van der Waals surface area contributed by atoms with Gasteiger partial charge in [-0.15, -0.1) is 0 Å². The van der Waals surface area contributed by atoms with Gasteiger partial charge in [0.05, 0.1) is 6.54 Å². The summed E-state index contributed by atoms with van der Waals surface area (Å²) in [5.74, 6) is 0.104. The average molecular weight is 246 g/mol. The first kappa shape index (κ1) is 13.1. The monoisotopic (exact) mass is 246 g/mol. The molecule has 3 heteroatoms. The van der Waals surface area contributed by atoms with Gasteiger partial charge in [-0.25, -0.2) is 0 Å². The molecule has 1 aliphatic carbocycles. The fraction of sp³-hybridized carbons (Fsp3) is 0.533. The van der Waals surface area contributed by atoms with E-state index in [-0.39, 0.29) is 5.91 Å². The normalized spacial score (nSPS) is 17.5. The molecule has 1 amide bonds. The lowest BCUT2D eigenvalue weighted by Gasteiger charge is -2.13. The predicted molar refractivity (Wildman–Crippen MR) is 73.4 cm³/mol. The van der Waals surface area contributed by atoms with Crippen molar-refractivity contribution in [2.75, 3.05) is 13.1 Å². The standard InChI is InChI=1S/C15H22N2O/c1-2-3-10-16-15(18)11-17-14-9-8-12-6-4-5-7-13(12)14/h4-7,14,17H,2-3,8-11H2,1H3,(H,16,18). The lowest BCUT2D eigenvalue weighted by Crippen LogP contribution is -2.35. The molecule has 0 radical (unpaired) electrons. The number of amides is 1. The van der Waals surface area contributed by atoms with Crippen molar-refractivity contribution in [2.24, 2.45) is 0 Å². The Kier molecular flexibility index (Phi) is 4.76. The number of hydrogen-bond acceptors (Lipinski definition) is 2. The molecule has 1 atom stereocenters. The summed E-state index contributed by atoms with van der Waals surface area (Å²) in [6.07, 6.45) is 4.38. The van der Waals surface area contributed by atoms with E-state index in [4.69, 9.17) is 0 Å². The van der Waals surface area contributed by atoms with Crippen molar-refractivity contribution in [3.05, 3.63) is 35.4 Å². The summed E-state index contributed by atoms with van der Waals surface area (Å²) in [6.45, 7) is 3.33. The van der Waals surface area contributed by atoms with E-state index in [1.807, 2.05) is 0 Å². The van der Waals surface area contributed by atoms with Crippen molar-refractivity contribution in [3.8, 4) is 0 Å². The molecule has 3 nitrogen and oxygen atoms in total. The Balaban J connectivity index is 1.77. The maximum absolute atomic E-state index is 11.6. The highest BCUT2D eigenvalue weighted by molar-refractivity contribution is 5.78. The second-order valence-corrected chi connectivity index (χ2v) is 4.87. The molecule has 0 saturated carbocycles. The second-order valence-electron chi connectivity index (χ2n) is 4.87. The number of fused-ring (bicyclic) bond motifs is 1. The van der Waals surface area contributed by atoms with Crippen LogP contribution in [0, 0.1) is 0 Å². The van der Waals surface area contributed by atoms with Gasteiger partial charge in [0.15, 0.2) is 0 Å². The van der Waals surface area contributed by atoms with Gasteiger partial charge >= 0.3 is 0 Å². The summed E-state index contributed by atoms with van der Waals surface area (Å²) in [7, 11) is 0. The molecule has 1 aromatic rings. The maximum atomic E-state index is 11.6. The minimum atomic E-state index is 0.104. The zero-order chi connectivity index (χ0) is 12.8. The lowest BCUT2D eigenvalue weighted by molar-refractivity contribution is -0.120. The number of aryl methyl sites for hydroxylation is 1. The zero-order valence-electron chi connectivity index (χ0n) is 11.0. The highest BCUT2D eigenvalue weighted by Crippen LogP contribution is 2.30. The van der Waals surface area contributed by atoms with Gasteiger partial charge in [0, 0.05) is 12.6 Å². The Morgan fingerprint density at radius 2 is 2.22 bits per heavy atom. The highest BCUT2D eigenvalue weighted by atomic mass is 16.1. The van der Waals surface area contributed by atoms with Crippen molar-refractivity contribution in [1.29, 1.82) is 0 Å². The van der Waals surface area contributed by atoms with E-state index in [0.717, 1.165) is 32.2 Å². The highest BCUT2D eigenvalue weighted by Gasteiger charge is 2.21. The van der Waals surface area contributed by atoms with Crippen LogP contribution in [-0.4, -0.2) is 19.0 Å². The van der Waals surface area contributed by atoms with Gasteiger partial charge in [-0.05, 0) is 30.4 Å². The molecule has 1 unspecified atom stereocenters. The SMILES string of the molecule is CCCCNC(=O)CNC1CCc2ccccc21. The fourth-order valence-electron chi connectivity index (χ4n) is 2.45. The summed E-state index contributed by atoms with van der Waals surface area (Å²) in [5.41, 5.74) is 2.78. The topological polar surface area (TPSA) is 41.1 Å². The average Bonchev–Trinajstić information content (AvgIpc) is 2.80. The molecule has 0 aliphatic heterocycles. The largest absolute Gasteiger partial charge is 0.355 e. The number of unbranched alkanes of at least 4 members (excludes halogenated alkanes) is 1. The first-order valence-corrected chi connectivity index (χ1v) is 6.89. The number of nitrogens with one attached hydrogen (secondary N) is 2. The summed E-state index contributed by atoms with van der Waals surface area (Å²) < 4.78 is 0. The number of hydrogen-bond donors (Lipinski definition) is 2. The molecule has 2 N–H and O–H groups in total. The summed E-state index contributed by atoms with van der Waals surface area (Å²) in [6, 6.07) is 8.84. The molecule has 0 aromatic heterocycles. The Morgan fingerprint density at radius 3 is 3.06 bits per heavy atom. The van der Waals surface area contributed by atoms with Crippen LogP contribution in [0.25, 0.3) is 0 Å². The van der Waals surface area contributed by atoms with Gasteiger partial charge in [-0.1, -0.05) is 37.6 Å². The molecule has 18 heavy (non-hydrogen) atoms. The van der Waals surface area contributed by atoms with Crippen LogP contribution >= 0.6 is 0 Å². The zero-order valence-corrected chi connectivity index (χ0v) is 11.0. The summed E-state index contributed by atoms with van der Waals surface area (Å²) >= 11 is 0. The van der Waals surface area contributed by atoms with E-state index in [9.17, 15) is 4.79 Å². The number of benzene rings is 1. The maximum Gasteiger partial charge on any atom is 0.233 e. The number of carbonyl (C=O) groups excluding carboxylic acids is 1. The van der Waals surface area contributed by atoms with Crippen molar-refractivity contribution >= 4 is 5.91 Å². The van der Waals surface area contributed by atoms with E-state index in [2.05, 4.69) is 41.8 Å². The van der Waals surface area contributed by atoms with Crippen LogP contribution in [0.15, 0.2) is 24.3 Å². The molecule has 0 heterocycles. The van der Waals surface area contributed by atoms with Gasteiger partial charge in [-0.3, -0.25) is 4.79 Å². The first-order valence-electron chi connectivity index (χ1n) is 6.89. The van der Waals surface area contributed by atoms with Crippen LogP contribution in [0.2, 0.25) is 0 Å². The third kappa shape index (κ3) is 3.33. The van der Waals surface area contributed by atoms with Gasteiger partial charge in [-0.2, -0.15) is 0 Å². The molecule has 0 saturated heterocycles. The molecule has 1 aliphatic rings. The van der Waals surface area contributed by atoms with Crippen LogP contribution in [0.1, 0.15) is 43.4 Å². The van der Waals surface area contributed by atoms with Crippen molar-refractivity contribution in [2.45, 2.75) is 38.6 Å². The summed E-state index contributed by atoms with van der Waals surface area (Å²) in [4.78, 5) is 11.6. The fourth-order valence-corrected chi connectivity index (χ4v) is 2.45. The molecule has 0 spiro atoms. The quantitative estimate of drug-likeness (QED) is 0.755. The van der Waals surface area contributed by atoms with E-state index in [1.165, 1.54) is 11.1 Å². The summed E-state index contributed by atoms with van der Waals surface area (Å²) in [5, 5.41) is 6.28. The molecular formula is C15H22N2O. The molecule has 1 aromatic carbocycles. The van der Waals surface area contributed by atoms with Gasteiger partial charge < -0.3 is 10.6 Å². The van der Waals surface area contributed by atoms with Gasteiger partial charge in [0.2, 0.25) is 5.91 Å². The first-order chi connectivity index (χ1) is 8.81. The second kappa shape index (κ2) is 6.55. The van der Waals surface area contributed by atoms with Gasteiger partial charge in [0.25, 0.3) is 0 Å². The van der Waals surface area contributed by atoms with E-state index < -0.39 is 0 Å². The molecule has 2 rings (SSSR count). The van der Waals surface area contributed by atoms with E-state index >= 15 is 0 Å². The Bertz CT molecular complexity index is 403. The van der Waals surface area contributed by atoms with E-state index in [0.29, 0.717) is 12.6 Å². The lowest BCUT2D eigenvalue weighted by atomic mass is 10.1. The van der Waals surface area contributed by atoms with Crippen molar-refractivity contribution < 1.29 is 4.79 Å². The Hall–Kier alpha value is -1.35. The Labute approximate surface area is 109 Å². The number of rotatable bonds is 6. The molecule has 0 fully saturated rings.